The first-order valence-corrected chi connectivity index (χ1v) is 35.4. The zero-order valence-electron chi connectivity index (χ0n) is 60.1. The van der Waals surface area contributed by atoms with E-state index in [9.17, 15) is 43.2 Å². The molecule has 0 aliphatic heterocycles. The Morgan fingerprint density at radius 2 is 0.569 bits per heavy atom. The van der Waals surface area contributed by atoms with Crippen molar-refractivity contribution in [3.8, 4) is 0 Å². The van der Waals surface area contributed by atoms with Crippen LogP contribution in [0.25, 0.3) is 32.7 Å². The van der Waals surface area contributed by atoms with Crippen molar-refractivity contribution in [1.29, 1.82) is 0 Å². The highest BCUT2D eigenvalue weighted by atomic mass is 16.6. The maximum atomic E-state index is 14.7. The smallest absolute Gasteiger partial charge is 0.407 e. The number of hydrogen-bond donors (Lipinski definition) is 12. The van der Waals surface area contributed by atoms with Gasteiger partial charge in [-0.25, -0.2) is 14.4 Å². The monoisotopic (exact) mass is 1460 g/mol. The number of nitrogens with one attached hydrogen (secondary N) is 12. The van der Waals surface area contributed by atoms with E-state index in [4.69, 9.17) is 14.2 Å². The van der Waals surface area contributed by atoms with Crippen molar-refractivity contribution in [3.05, 3.63) is 305 Å². The molecule has 3 heterocycles. The Bertz CT molecular complexity index is 4710. The van der Waals surface area contributed by atoms with Crippen molar-refractivity contribution in [2.75, 3.05) is 35.6 Å². The van der Waals surface area contributed by atoms with Gasteiger partial charge in [-0.15, -0.1) is 0 Å². The molecule has 0 spiro atoms. The van der Waals surface area contributed by atoms with Crippen molar-refractivity contribution >= 4 is 103 Å². The molecule has 0 radical (unpaired) electrons. The third-order valence-electron chi connectivity index (χ3n) is 18.7. The lowest BCUT2D eigenvalue weighted by molar-refractivity contribution is -0.129. The normalized spacial score (nSPS) is 12.8. The number of benzene rings is 9. The molecule has 0 aliphatic carbocycles. The number of rotatable bonds is 30. The molecule has 0 bridgehead atoms. The van der Waals surface area contributed by atoms with Crippen LogP contribution in [0.1, 0.15) is 76.8 Å². The summed E-state index contributed by atoms with van der Waals surface area (Å²) in [7, 11) is 0. The van der Waals surface area contributed by atoms with Crippen LogP contribution in [0.5, 0.6) is 0 Å². The number of H-pyrrole nitrogens is 3. The second-order valence-electron chi connectivity index (χ2n) is 27.2. The van der Waals surface area contributed by atoms with Crippen LogP contribution in [0.15, 0.2) is 255 Å². The minimum Gasteiger partial charge on any atom is -0.445 e. The third kappa shape index (κ3) is 19.6. The number of amides is 9. The molecule has 3 aromatic heterocycles. The van der Waals surface area contributed by atoms with Gasteiger partial charge in [0.2, 0.25) is 17.7 Å². The van der Waals surface area contributed by atoms with Gasteiger partial charge >= 0.3 is 18.3 Å². The van der Waals surface area contributed by atoms with Crippen LogP contribution < -0.4 is 47.9 Å². The summed E-state index contributed by atoms with van der Waals surface area (Å²) in [6.45, 7) is 3.31. The van der Waals surface area contributed by atoms with E-state index in [1.54, 1.807) is 91.4 Å². The molecule has 109 heavy (non-hydrogen) atoms. The molecule has 0 saturated carbocycles. The molecule has 554 valence electrons. The summed E-state index contributed by atoms with van der Waals surface area (Å²) in [5.41, 5.74) is 4.74. The number of alkyl carbamates (subject to hydrolysis) is 3. The van der Waals surface area contributed by atoms with E-state index < -0.39 is 76.3 Å². The predicted molar refractivity (Wildman–Crippen MR) is 416 cm³/mol. The van der Waals surface area contributed by atoms with E-state index in [0.717, 1.165) is 49.4 Å². The number of anilines is 3. The number of para-hydroxylation sites is 3. The van der Waals surface area contributed by atoms with Gasteiger partial charge in [-0.1, -0.05) is 182 Å². The van der Waals surface area contributed by atoms with Crippen molar-refractivity contribution in [2.45, 2.75) is 82.4 Å². The molecule has 12 N–H and O–H groups in total. The summed E-state index contributed by atoms with van der Waals surface area (Å²) in [5.74, 6) is -4.04. The van der Waals surface area contributed by atoms with Gasteiger partial charge in [0.05, 0.1) is 38.9 Å². The fraction of sp³-hybridized carbons (Fsp3) is 0.188. The number of aromatic amines is 3. The number of aromatic nitrogens is 3. The first kappa shape index (κ1) is 74.9. The molecule has 0 aliphatic rings. The van der Waals surface area contributed by atoms with Crippen molar-refractivity contribution in [1.82, 2.24) is 46.9 Å². The minimum atomic E-state index is -1.73. The SMILES string of the molecule is C[C@](CNC(=O)OCc1ccccc1)(NC(=O)Cc1c[nH]c2ccccc12)C(=O)Nc1ccc(C(c2ccc(NC(=O)[C@@](C)(CNC(=O)OCc3ccccc3)NC(=O)Cc3c[nH]c4ccccc34)cc2)c2ccc(NC(=O)[C@@](C)(CNC(=O)OCc3ccccc3)NC(=O)Cc3c[nH]c4ccccc34)cc2)cc1. The maximum absolute atomic E-state index is 14.7. The molecular weight excluding hydrogens is 1380 g/mol. The van der Waals surface area contributed by atoms with Crippen LogP contribution in [-0.2, 0) is 82.1 Å². The highest BCUT2D eigenvalue weighted by molar-refractivity contribution is 6.04. The number of ether oxygens (including phenoxy) is 3. The molecule has 12 aromatic rings. The molecule has 0 unspecified atom stereocenters. The molecule has 3 atom stereocenters. The second-order valence-corrected chi connectivity index (χ2v) is 27.2. The molecule has 9 amide bonds. The van der Waals surface area contributed by atoms with Crippen LogP contribution in [0.4, 0.5) is 31.4 Å². The summed E-state index contributed by atoms with van der Waals surface area (Å²) in [4.78, 5) is 135. The Hall–Kier alpha value is -13.8. The minimum absolute atomic E-state index is 0.0375. The van der Waals surface area contributed by atoms with E-state index in [-0.39, 0.29) is 58.7 Å². The average molecular weight is 1460 g/mol. The summed E-state index contributed by atoms with van der Waals surface area (Å²) in [6, 6.07) is 70.8. The molecule has 0 fully saturated rings. The highest BCUT2D eigenvalue weighted by Crippen LogP contribution is 2.35. The van der Waals surface area contributed by atoms with E-state index in [1.165, 1.54) is 20.8 Å². The number of carbonyl (C=O) groups is 9. The van der Waals surface area contributed by atoms with Crippen LogP contribution in [0.2, 0.25) is 0 Å². The van der Waals surface area contributed by atoms with Crippen LogP contribution >= 0.6 is 0 Å². The van der Waals surface area contributed by atoms with Gasteiger partial charge in [-0.3, -0.25) is 28.8 Å². The zero-order valence-corrected chi connectivity index (χ0v) is 60.1. The van der Waals surface area contributed by atoms with Gasteiger partial charge in [-0.2, -0.15) is 0 Å². The number of fused-ring (bicyclic) bond motifs is 3. The third-order valence-corrected chi connectivity index (χ3v) is 18.7. The molecule has 12 rings (SSSR count). The second kappa shape index (κ2) is 34.4. The van der Waals surface area contributed by atoms with Gasteiger partial charge in [0, 0.05) is 74.3 Å². The number of carbonyl (C=O) groups excluding carboxylic acids is 9. The van der Waals surface area contributed by atoms with E-state index >= 15 is 0 Å². The maximum Gasteiger partial charge on any atom is 0.407 e. The summed E-state index contributed by atoms with van der Waals surface area (Å²) < 4.78 is 16.5. The van der Waals surface area contributed by atoms with E-state index in [2.05, 4.69) is 62.8 Å². The first-order valence-electron chi connectivity index (χ1n) is 35.4. The predicted octanol–water partition coefficient (Wildman–Crippen LogP) is 12.3. The standard InChI is InChI=1S/C85H82N12O12/c1-83(52-89-80(104)107-49-55-19-7-4-8-20-55,95-73(98)43-61-46-86-70-28-16-13-25-67(61)70)77(101)92-64-37-31-58(32-38-64)76(59-33-39-65(40-34-59)93-78(102)84(2,53-90-81(105)108-50-56-21-9-5-10-22-56)96-74(99)44-62-47-87-71-29-17-14-26-68(62)71)60-35-41-66(42-36-60)94-79(103)85(3,54-91-82(106)109-51-57-23-11-6-12-24-57)97-75(100)45-63-48-88-72-30-18-15-27-69(63)72/h4-42,46-48,76,86-88H,43-45,49-54H2,1-3H3,(H,89,104)(H,90,105)(H,91,106)(H,92,101)(H,93,102)(H,94,103)(H,95,98)(H,96,99)(H,97,100)/t83-,84-,85-/m1/s1. The van der Waals surface area contributed by atoms with Crippen molar-refractivity contribution < 1.29 is 57.4 Å². The Labute approximate surface area is 627 Å². The summed E-state index contributed by atoms with van der Waals surface area (Å²) >= 11 is 0. The van der Waals surface area contributed by atoms with Gasteiger partial charge < -0.3 is 77.0 Å². The van der Waals surface area contributed by atoms with Gasteiger partial charge in [0.1, 0.15) is 36.4 Å². The highest BCUT2D eigenvalue weighted by Gasteiger charge is 2.39. The molecule has 0 saturated heterocycles. The van der Waals surface area contributed by atoms with E-state index in [0.29, 0.717) is 50.4 Å². The topological polar surface area (TPSA) is 337 Å². The fourth-order valence-electron chi connectivity index (χ4n) is 12.7. The van der Waals surface area contributed by atoms with Crippen LogP contribution in [0.3, 0.4) is 0 Å². The lowest BCUT2D eigenvalue weighted by Crippen LogP contribution is -2.61. The Morgan fingerprint density at radius 3 is 0.835 bits per heavy atom. The summed E-state index contributed by atoms with van der Waals surface area (Å²) in [6.07, 6.45) is 2.51. The molecular formula is C85H82N12O12. The Balaban J connectivity index is 0.807. The van der Waals surface area contributed by atoms with Crippen LogP contribution in [-0.4, -0.2) is 105 Å². The van der Waals surface area contributed by atoms with Gasteiger partial charge in [0.25, 0.3) is 17.7 Å². The van der Waals surface area contributed by atoms with Gasteiger partial charge in [-0.05, 0) is 125 Å². The molecule has 24 heteroatoms. The first-order chi connectivity index (χ1) is 52.7. The average Bonchev–Trinajstić information content (AvgIpc) is 1.16. The summed E-state index contributed by atoms with van der Waals surface area (Å²) in [5, 5.41) is 28.0. The fourth-order valence-corrected chi connectivity index (χ4v) is 12.7. The van der Waals surface area contributed by atoms with E-state index in [1.807, 2.05) is 164 Å². The quantitative estimate of drug-likeness (QED) is 0.0148. The Kier molecular flexibility index (Phi) is 23.7. The van der Waals surface area contributed by atoms with Gasteiger partial charge in [0.15, 0.2) is 0 Å². The Morgan fingerprint density at radius 1 is 0.321 bits per heavy atom. The lowest BCUT2D eigenvalue weighted by Gasteiger charge is -2.30. The van der Waals surface area contributed by atoms with Crippen molar-refractivity contribution in [2.24, 2.45) is 0 Å². The largest absolute Gasteiger partial charge is 0.445 e. The number of hydrogen-bond acceptors (Lipinski definition) is 12. The zero-order chi connectivity index (χ0) is 76.3. The molecule has 9 aromatic carbocycles. The lowest BCUT2D eigenvalue weighted by atomic mass is 9.85. The van der Waals surface area contributed by atoms with Crippen LogP contribution in [0, 0.1) is 0 Å². The van der Waals surface area contributed by atoms with Crippen molar-refractivity contribution in [3.63, 3.8) is 0 Å². The molecule has 24 nitrogen and oxygen atoms in total.